The summed E-state index contributed by atoms with van der Waals surface area (Å²) in [7, 11) is 0. The smallest absolute Gasteiger partial charge is 0.241 e. The molecule has 7 nitrogen and oxygen atoms in total. The number of aromatic nitrogens is 2. The summed E-state index contributed by atoms with van der Waals surface area (Å²) in [5, 5.41) is 7.32. The van der Waals surface area contributed by atoms with E-state index in [0.717, 1.165) is 62.8 Å². The van der Waals surface area contributed by atoms with Gasteiger partial charge in [-0.25, -0.2) is 0 Å². The van der Waals surface area contributed by atoms with Crippen LogP contribution in [0.2, 0.25) is 0 Å². The minimum atomic E-state index is 0.0354. The Bertz CT molecular complexity index is 886. The van der Waals surface area contributed by atoms with E-state index >= 15 is 0 Å². The van der Waals surface area contributed by atoms with E-state index in [1.165, 1.54) is 25.1 Å². The van der Waals surface area contributed by atoms with Crippen molar-refractivity contribution in [3.05, 3.63) is 35.7 Å². The first-order valence-corrected chi connectivity index (χ1v) is 12.6. The Morgan fingerprint density at radius 1 is 1.12 bits per heavy atom. The zero-order chi connectivity index (χ0) is 23.2. The van der Waals surface area contributed by atoms with Crippen molar-refractivity contribution >= 4 is 5.91 Å². The van der Waals surface area contributed by atoms with Gasteiger partial charge in [0, 0.05) is 31.7 Å². The summed E-state index contributed by atoms with van der Waals surface area (Å²) in [5.74, 6) is 3.01. The first-order valence-electron chi connectivity index (χ1n) is 12.6. The van der Waals surface area contributed by atoms with Crippen LogP contribution >= 0.6 is 0 Å². The molecule has 3 heterocycles. The Morgan fingerprint density at radius 2 is 1.88 bits per heavy atom. The molecule has 180 valence electrons. The molecule has 2 fully saturated rings. The van der Waals surface area contributed by atoms with E-state index in [1.54, 1.807) is 0 Å². The summed E-state index contributed by atoms with van der Waals surface area (Å²) in [6.07, 6.45) is 4.32. The molecule has 33 heavy (non-hydrogen) atoms. The summed E-state index contributed by atoms with van der Waals surface area (Å²) >= 11 is 0. The molecular weight excluding hydrogens is 414 g/mol. The molecule has 1 aromatic carbocycles. The zero-order valence-electron chi connectivity index (χ0n) is 20.4. The SMILES string of the molecule is Cc1ccc(-c2noc(CN3CCCC(C(=O)NCCCN4CC(C)CC(C)C4)C3)n2)cc1. The molecule has 0 spiro atoms. The van der Waals surface area contributed by atoms with Crippen molar-refractivity contribution in [3.8, 4) is 11.4 Å². The van der Waals surface area contributed by atoms with Crippen molar-refractivity contribution in [3.63, 3.8) is 0 Å². The van der Waals surface area contributed by atoms with Crippen LogP contribution in [0.4, 0.5) is 0 Å². The fourth-order valence-electron chi connectivity index (χ4n) is 5.38. The Morgan fingerprint density at radius 3 is 2.64 bits per heavy atom. The number of benzene rings is 1. The summed E-state index contributed by atoms with van der Waals surface area (Å²) < 4.78 is 5.49. The molecule has 0 saturated carbocycles. The molecule has 0 radical (unpaired) electrons. The average molecular weight is 454 g/mol. The van der Waals surface area contributed by atoms with Gasteiger partial charge in [0.25, 0.3) is 0 Å². The minimum Gasteiger partial charge on any atom is -0.356 e. The van der Waals surface area contributed by atoms with Crippen LogP contribution in [0.3, 0.4) is 0 Å². The zero-order valence-corrected chi connectivity index (χ0v) is 20.4. The van der Waals surface area contributed by atoms with Gasteiger partial charge in [0.15, 0.2) is 0 Å². The maximum atomic E-state index is 12.8. The highest BCUT2D eigenvalue weighted by atomic mass is 16.5. The summed E-state index contributed by atoms with van der Waals surface area (Å²) in [6, 6.07) is 8.12. The van der Waals surface area contributed by atoms with Gasteiger partial charge in [-0.05, 0) is 57.5 Å². The van der Waals surface area contributed by atoms with E-state index < -0.39 is 0 Å². The molecule has 4 rings (SSSR count). The second-order valence-corrected chi connectivity index (χ2v) is 10.3. The largest absolute Gasteiger partial charge is 0.356 e. The lowest BCUT2D eigenvalue weighted by atomic mass is 9.92. The molecule has 7 heteroatoms. The van der Waals surface area contributed by atoms with Gasteiger partial charge in [-0.2, -0.15) is 4.98 Å². The molecule has 2 saturated heterocycles. The summed E-state index contributed by atoms with van der Waals surface area (Å²) in [6.45, 7) is 13.3. The third kappa shape index (κ3) is 6.87. The van der Waals surface area contributed by atoms with Crippen molar-refractivity contribution in [1.29, 1.82) is 0 Å². The molecule has 2 aliphatic heterocycles. The van der Waals surface area contributed by atoms with Crippen LogP contribution in [0, 0.1) is 24.7 Å². The Labute approximate surface area is 197 Å². The number of aryl methyl sites for hydroxylation is 1. The summed E-state index contributed by atoms with van der Waals surface area (Å²) in [5.41, 5.74) is 2.16. The van der Waals surface area contributed by atoms with Gasteiger partial charge in [-0.1, -0.05) is 48.8 Å². The Balaban J connectivity index is 1.20. The second kappa shape index (κ2) is 11.3. The Kier molecular flexibility index (Phi) is 8.15. The van der Waals surface area contributed by atoms with Crippen molar-refractivity contribution in [2.24, 2.45) is 17.8 Å². The molecule has 1 amide bonds. The lowest BCUT2D eigenvalue weighted by Gasteiger charge is -2.35. The van der Waals surface area contributed by atoms with Crippen LogP contribution in [0.25, 0.3) is 11.4 Å². The van der Waals surface area contributed by atoms with Gasteiger partial charge in [0.1, 0.15) is 0 Å². The third-order valence-corrected chi connectivity index (χ3v) is 6.91. The normalized spacial score (nSPS) is 24.6. The molecule has 3 unspecified atom stereocenters. The van der Waals surface area contributed by atoms with Crippen molar-refractivity contribution < 1.29 is 9.32 Å². The average Bonchev–Trinajstić information content (AvgIpc) is 3.25. The topological polar surface area (TPSA) is 74.5 Å². The van der Waals surface area contributed by atoms with E-state index in [-0.39, 0.29) is 11.8 Å². The van der Waals surface area contributed by atoms with Crippen LogP contribution in [-0.4, -0.2) is 65.1 Å². The van der Waals surface area contributed by atoms with Gasteiger partial charge < -0.3 is 14.7 Å². The molecule has 2 aromatic rings. The maximum absolute atomic E-state index is 12.8. The Hall–Kier alpha value is -2.25. The predicted molar refractivity (Wildman–Crippen MR) is 129 cm³/mol. The molecule has 1 N–H and O–H groups in total. The lowest BCUT2D eigenvalue weighted by Crippen LogP contribution is -2.43. The molecule has 2 aliphatic rings. The quantitative estimate of drug-likeness (QED) is 0.614. The van der Waals surface area contributed by atoms with Crippen LogP contribution in [0.15, 0.2) is 28.8 Å². The molecule has 0 aliphatic carbocycles. The van der Waals surface area contributed by atoms with E-state index in [0.29, 0.717) is 18.3 Å². The van der Waals surface area contributed by atoms with Crippen LogP contribution < -0.4 is 5.32 Å². The molecular formula is C26H39N5O2. The molecule has 1 aromatic heterocycles. The molecule has 0 bridgehead atoms. The number of hydrogen-bond acceptors (Lipinski definition) is 6. The van der Waals surface area contributed by atoms with Crippen LogP contribution in [-0.2, 0) is 11.3 Å². The van der Waals surface area contributed by atoms with Crippen molar-refractivity contribution in [2.45, 2.75) is 53.0 Å². The second-order valence-electron chi connectivity index (χ2n) is 10.3. The third-order valence-electron chi connectivity index (χ3n) is 6.91. The lowest BCUT2D eigenvalue weighted by molar-refractivity contribution is -0.126. The van der Waals surface area contributed by atoms with Gasteiger partial charge >= 0.3 is 0 Å². The highest BCUT2D eigenvalue weighted by Gasteiger charge is 2.27. The minimum absolute atomic E-state index is 0.0354. The van der Waals surface area contributed by atoms with Crippen molar-refractivity contribution in [2.75, 3.05) is 39.3 Å². The van der Waals surface area contributed by atoms with E-state index in [2.05, 4.69) is 46.0 Å². The number of piperidine rings is 2. The number of nitrogens with zero attached hydrogens (tertiary/aromatic N) is 4. The van der Waals surface area contributed by atoms with Gasteiger partial charge in [0.2, 0.25) is 17.6 Å². The number of rotatable bonds is 8. The number of hydrogen-bond donors (Lipinski definition) is 1. The number of carbonyl (C=O) groups is 1. The molecule has 3 atom stereocenters. The van der Waals surface area contributed by atoms with Gasteiger partial charge in [0.05, 0.1) is 12.5 Å². The summed E-state index contributed by atoms with van der Waals surface area (Å²) in [4.78, 5) is 22.1. The first kappa shape index (κ1) is 23.9. The number of nitrogens with one attached hydrogen (secondary N) is 1. The monoisotopic (exact) mass is 453 g/mol. The maximum Gasteiger partial charge on any atom is 0.241 e. The standard InChI is InChI=1S/C26H39N5O2/c1-19-7-9-22(10-8-19)25-28-24(33-29-25)18-31-12-4-6-23(17-31)26(32)27-11-5-13-30-15-20(2)14-21(3)16-30/h7-10,20-21,23H,4-6,11-18H2,1-3H3,(H,27,32). The fraction of sp³-hybridized carbons (Fsp3) is 0.654. The van der Waals surface area contributed by atoms with E-state index in [9.17, 15) is 4.79 Å². The van der Waals surface area contributed by atoms with Crippen LogP contribution in [0.1, 0.15) is 51.0 Å². The van der Waals surface area contributed by atoms with E-state index in [4.69, 9.17) is 4.52 Å². The van der Waals surface area contributed by atoms with E-state index in [1.807, 2.05) is 24.3 Å². The first-order chi connectivity index (χ1) is 16.0. The fourth-order valence-corrected chi connectivity index (χ4v) is 5.38. The highest BCUT2D eigenvalue weighted by Crippen LogP contribution is 2.22. The van der Waals surface area contributed by atoms with Crippen LogP contribution in [0.5, 0.6) is 0 Å². The predicted octanol–water partition coefficient (Wildman–Crippen LogP) is 3.74. The van der Waals surface area contributed by atoms with Gasteiger partial charge in [-0.3, -0.25) is 9.69 Å². The highest BCUT2D eigenvalue weighted by molar-refractivity contribution is 5.78. The number of amides is 1. The number of carbonyl (C=O) groups excluding carboxylic acids is 1. The van der Waals surface area contributed by atoms with Crippen molar-refractivity contribution in [1.82, 2.24) is 25.3 Å². The number of likely N-dealkylation sites (tertiary alicyclic amines) is 2. The van der Waals surface area contributed by atoms with Gasteiger partial charge in [-0.15, -0.1) is 0 Å².